The zero-order chi connectivity index (χ0) is 18.2. The fraction of sp³-hybridized carbons (Fsp3) is 0.0909. The SMILES string of the molecule is O=C(Cc1ccccc1)Nc1ccccc1C(=O)NCc1ccccc1. The van der Waals surface area contributed by atoms with Crippen LogP contribution in [0.3, 0.4) is 0 Å². The topological polar surface area (TPSA) is 58.2 Å². The second kappa shape index (κ2) is 8.62. The summed E-state index contributed by atoms with van der Waals surface area (Å²) in [6, 6.07) is 26.2. The fourth-order valence-electron chi connectivity index (χ4n) is 2.64. The Morgan fingerprint density at radius 2 is 1.27 bits per heavy atom. The minimum atomic E-state index is -0.218. The summed E-state index contributed by atoms with van der Waals surface area (Å²) in [7, 11) is 0. The van der Waals surface area contributed by atoms with E-state index in [0.29, 0.717) is 17.8 Å². The van der Waals surface area contributed by atoms with Crippen molar-refractivity contribution in [3.63, 3.8) is 0 Å². The molecule has 0 bridgehead atoms. The largest absolute Gasteiger partial charge is 0.348 e. The van der Waals surface area contributed by atoms with Gasteiger partial charge in [-0.25, -0.2) is 0 Å². The van der Waals surface area contributed by atoms with Gasteiger partial charge in [-0.3, -0.25) is 9.59 Å². The molecule has 2 N–H and O–H groups in total. The molecule has 0 saturated heterocycles. The van der Waals surface area contributed by atoms with Crippen LogP contribution < -0.4 is 10.6 Å². The molecule has 3 aromatic rings. The summed E-state index contributed by atoms with van der Waals surface area (Å²) in [6.45, 7) is 0.436. The van der Waals surface area contributed by atoms with E-state index in [1.54, 1.807) is 24.3 Å². The van der Waals surface area contributed by atoms with Gasteiger partial charge in [-0.15, -0.1) is 0 Å². The molecular weight excluding hydrogens is 324 g/mol. The predicted molar refractivity (Wildman–Crippen MR) is 103 cm³/mol. The Labute approximate surface area is 152 Å². The molecule has 0 spiro atoms. The number of hydrogen-bond acceptors (Lipinski definition) is 2. The Hall–Kier alpha value is -3.40. The number of carbonyl (C=O) groups is 2. The number of anilines is 1. The van der Waals surface area contributed by atoms with Crippen molar-refractivity contribution < 1.29 is 9.59 Å². The molecule has 0 saturated carbocycles. The third-order valence-electron chi connectivity index (χ3n) is 3.95. The molecule has 0 aromatic heterocycles. The molecule has 4 nitrogen and oxygen atoms in total. The van der Waals surface area contributed by atoms with E-state index in [0.717, 1.165) is 11.1 Å². The quantitative estimate of drug-likeness (QED) is 0.715. The molecule has 3 aromatic carbocycles. The maximum Gasteiger partial charge on any atom is 0.253 e. The summed E-state index contributed by atoms with van der Waals surface area (Å²) in [5.41, 5.74) is 2.91. The van der Waals surface area contributed by atoms with Crippen LogP contribution in [0.2, 0.25) is 0 Å². The van der Waals surface area contributed by atoms with Gasteiger partial charge in [-0.05, 0) is 23.3 Å². The van der Waals surface area contributed by atoms with Crippen molar-refractivity contribution in [1.29, 1.82) is 0 Å². The van der Waals surface area contributed by atoms with Crippen molar-refractivity contribution in [2.45, 2.75) is 13.0 Å². The number of benzene rings is 3. The van der Waals surface area contributed by atoms with E-state index >= 15 is 0 Å². The second-order valence-corrected chi connectivity index (χ2v) is 5.92. The highest BCUT2D eigenvalue weighted by atomic mass is 16.2. The van der Waals surface area contributed by atoms with E-state index < -0.39 is 0 Å². The van der Waals surface area contributed by atoms with E-state index in [1.165, 1.54) is 0 Å². The maximum absolute atomic E-state index is 12.5. The Kier molecular flexibility index (Phi) is 5.78. The minimum Gasteiger partial charge on any atom is -0.348 e. The Bertz CT molecular complexity index is 877. The molecule has 3 rings (SSSR count). The van der Waals surface area contributed by atoms with Crippen LogP contribution in [0.15, 0.2) is 84.9 Å². The lowest BCUT2D eigenvalue weighted by Gasteiger charge is -2.11. The van der Waals surface area contributed by atoms with Gasteiger partial charge >= 0.3 is 0 Å². The van der Waals surface area contributed by atoms with Crippen molar-refractivity contribution in [2.75, 3.05) is 5.32 Å². The van der Waals surface area contributed by atoms with Crippen molar-refractivity contribution in [1.82, 2.24) is 5.32 Å². The first-order valence-corrected chi connectivity index (χ1v) is 8.47. The van der Waals surface area contributed by atoms with Crippen molar-refractivity contribution in [2.24, 2.45) is 0 Å². The van der Waals surface area contributed by atoms with Crippen molar-refractivity contribution >= 4 is 17.5 Å². The van der Waals surface area contributed by atoms with Gasteiger partial charge in [-0.1, -0.05) is 72.8 Å². The van der Waals surface area contributed by atoms with Crippen LogP contribution in [0.1, 0.15) is 21.5 Å². The zero-order valence-electron chi connectivity index (χ0n) is 14.3. The van der Waals surface area contributed by atoms with Gasteiger partial charge in [0.1, 0.15) is 0 Å². The number of para-hydroxylation sites is 1. The molecule has 0 aliphatic carbocycles. The van der Waals surface area contributed by atoms with E-state index in [2.05, 4.69) is 10.6 Å². The summed E-state index contributed by atoms with van der Waals surface area (Å²) >= 11 is 0. The first-order chi connectivity index (χ1) is 12.7. The highest BCUT2D eigenvalue weighted by molar-refractivity contribution is 6.04. The summed E-state index contributed by atoms with van der Waals surface area (Å²) in [5, 5.41) is 5.73. The molecule has 130 valence electrons. The second-order valence-electron chi connectivity index (χ2n) is 5.92. The van der Waals surface area contributed by atoms with Crippen molar-refractivity contribution in [3.8, 4) is 0 Å². The normalized spacial score (nSPS) is 10.2. The number of carbonyl (C=O) groups excluding carboxylic acids is 2. The summed E-state index contributed by atoms with van der Waals surface area (Å²) in [4.78, 5) is 24.8. The summed E-state index contributed by atoms with van der Waals surface area (Å²) < 4.78 is 0. The average Bonchev–Trinajstić information content (AvgIpc) is 2.68. The van der Waals surface area contributed by atoms with Gasteiger partial charge in [0.25, 0.3) is 5.91 Å². The molecule has 0 aliphatic heterocycles. The monoisotopic (exact) mass is 344 g/mol. The molecule has 0 heterocycles. The van der Waals surface area contributed by atoms with Crippen LogP contribution in [0, 0.1) is 0 Å². The summed E-state index contributed by atoms with van der Waals surface area (Å²) in [5.74, 6) is -0.371. The molecule has 0 radical (unpaired) electrons. The molecule has 0 fully saturated rings. The lowest BCUT2D eigenvalue weighted by molar-refractivity contribution is -0.115. The van der Waals surface area contributed by atoms with Crippen LogP contribution in [0.25, 0.3) is 0 Å². The average molecular weight is 344 g/mol. The third-order valence-corrected chi connectivity index (χ3v) is 3.95. The number of rotatable bonds is 6. The maximum atomic E-state index is 12.5. The van der Waals surface area contributed by atoms with E-state index in [4.69, 9.17) is 0 Å². The van der Waals surface area contributed by atoms with Gasteiger partial charge in [-0.2, -0.15) is 0 Å². The smallest absolute Gasteiger partial charge is 0.253 e. The van der Waals surface area contributed by atoms with Crippen molar-refractivity contribution in [3.05, 3.63) is 102 Å². The predicted octanol–water partition coefficient (Wildman–Crippen LogP) is 3.80. The van der Waals surface area contributed by atoms with Gasteiger partial charge in [0.2, 0.25) is 5.91 Å². The van der Waals surface area contributed by atoms with Gasteiger partial charge in [0, 0.05) is 6.54 Å². The highest BCUT2D eigenvalue weighted by Crippen LogP contribution is 2.16. The molecule has 0 atom stereocenters. The van der Waals surface area contributed by atoms with E-state index in [9.17, 15) is 9.59 Å². The van der Waals surface area contributed by atoms with E-state index in [1.807, 2.05) is 60.7 Å². The van der Waals surface area contributed by atoms with Crippen LogP contribution in [-0.4, -0.2) is 11.8 Å². The molecule has 26 heavy (non-hydrogen) atoms. The Balaban J connectivity index is 1.65. The summed E-state index contributed by atoms with van der Waals surface area (Å²) in [6.07, 6.45) is 0.265. The molecular formula is C22H20N2O2. The van der Waals surface area contributed by atoms with Crippen LogP contribution in [0.5, 0.6) is 0 Å². The Morgan fingerprint density at radius 1 is 0.692 bits per heavy atom. The van der Waals surface area contributed by atoms with Crippen LogP contribution in [0.4, 0.5) is 5.69 Å². The Morgan fingerprint density at radius 3 is 1.96 bits per heavy atom. The van der Waals surface area contributed by atoms with E-state index in [-0.39, 0.29) is 18.2 Å². The minimum absolute atomic E-state index is 0.153. The molecule has 4 heteroatoms. The molecule has 0 aliphatic rings. The molecule has 2 amide bonds. The number of hydrogen-bond donors (Lipinski definition) is 2. The van der Waals surface area contributed by atoms with Crippen LogP contribution in [-0.2, 0) is 17.8 Å². The van der Waals surface area contributed by atoms with Gasteiger partial charge < -0.3 is 10.6 Å². The third kappa shape index (κ3) is 4.80. The van der Waals surface area contributed by atoms with Gasteiger partial charge in [0.15, 0.2) is 0 Å². The first kappa shape index (κ1) is 17.4. The lowest BCUT2D eigenvalue weighted by Crippen LogP contribution is -2.25. The van der Waals surface area contributed by atoms with Crippen LogP contribution >= 0.6 is 0 Å². The molecule has 0 unspecified atom stereocenters. The number of amides is 2. The number of nitrogens with one attached hydrogen (secondary N) is 2. The standard InChI is InChI=1S/C22H20N2O2/c25-21(15-17-9-3-1-4-10-17)24-20-14-8-7-13-19(20)22(26)23-16-18-11-5-2-6-12-18/h1-14H,15-16H2,(H,23,26)(H,24,25). The highest BCUT2D eigenvalue weighted by Gasteiger charge is 2.13. The fourth-order valence-corrected chi connectivity index (χ4v) is 2.64. The first-order valence-electron chi connectivity index (χ1n) is 8.47. The zero-order valence-corrected chi connectivity index (χ0v) is 14.3. The van der Waals surface area contributed by atoms with Gasteiger partial charge in [0.05, 0.1) is 17.7 Å². The lowest BCUT2D eigenvalue weighted by atomic mass is 10.1.